The fraction of sp³-hybridized carbons (Fsp3) is 0.462. The van der Waals surface area contributed by atoms with Crippen LogP contribution in [0.15, 0.2) is 18.2 Å². The van der Waals surface area contributed by atoms with Gasteiger partial charge in [0.1, 0.15) is 0 Å². The van der Waals surface area contributed by atoms with Crippen LogP contribution in [-0.2, 0) is 9.47 Å². The second-order valence-electron chi connectivity index (χ2n) is 4.03. The monoisotopic (exact) mass is 252 g/mol. The smallest absolute Gasteiger partial charge is 0.340 e. The lowest BCUT2D eigenvalue weighted by atomic mass is 10.1. The molecule has 0 aliphatic rings. The lowest BCUT2D eigenvalue weighted by Crippen LogP contribution is -2.20. The van der Waals surface area contributed by atoms with Gasteiger partial charge in [0.15, 0.2) is 0 Å². The Morgan fingerprint density at radius 1 is 1.39 bits per heavy atom. The molecular formula is C13H20N2O3. The Bertz CT molecular complexity index is 407. The first kappa shape index (κ1) is 14.3. The summed E-state index contributed by atoms with van der Waals surface area (Å²) in [5.74, 6) is -0.417. The molecule has 0 radical (unpaired) electrons. The van der Waals surface area contributed by atoms with Crippen LogP contribution in [0.1, 0.15) is 16.8 Å². The number of nitrogens with zero attached hydrogens (tertiary/aromatic N) is 1. The fourth-order valence-corrected chi connectivity index (χ4v) is 1.64. The van der Waals surface area contributed by atoms with Gasteiger partial charge in [-0.2, -0.15) is 0 Å². The molecule has 18 heavy (non-hydrogen) atoms. The quantitative estimate of drug-likeness (QED) is 0.472. The van der Waals surface area contributed by atoms with Gasteiger partial charge in [-0.1, -0.05) is 0 Å². The standard InChI is InChI=1S/C13H20N2O3/c1-15(7-4-8-17-2)10-5-6-12(14)11(9-10)13(16)18-3/h5-6,9H,4,7-8,14H2,1-3H3. The molecule has 0 heterocycles. The highest BCUT2D eigenvalue weighted by Gasteiger charge is 2.12. The first-order valence-electron chi connectivity index (χ1n) is 5.78. The van der Waals surface area contributed by atoms with Crippen LogP contribution in [0.2, 0.25) is 0 Å². The van der Waals surface area contributed by atoms with Crippen molar-refractivity contribution >= 4 is 17.3 Å². The van der Waals surface area contributed by atoms with Crippen molar-refractivity contribution in [2.45, 2.75) is 6.42 Å². The fourth-order valence-electron chi connectivity index (χ4n) is 1.64. The van der Waals surface area contributed by atoms with Crippen molar-refractivity contribution < 1.29 is 14.3 Å². The van der Waals surface area contributed by atoms with E-state index in [0.29, 0.717) is 17.9 Å². The van der Waals surface area contributed by atoms with E-state index in [1.807, 2.05) is 18.0 Å². The summed E-state index contributed by atoms with van der Waals surface area (Å²) in [4.78, 5) is 13.6. The van der Waals surface area contributed by atoms with Gasteiger partial charge in [0.2, 0.25) is 0 Å². The zero-order valence-corrected chi connectivity index (χ0v) is 11.1. The Kier molecular flexibility index (Phi) is 5.45. The highest BCUT2D eigenvalue weighted by Crippen LogP contribution is 2.21. The zero-order chi connectivity index (χ0) is 13.5. The van der Waals surface area contributed by atoms with Gasteiger partial charge in [0.25, 0.3) is 0 Å². The molecule has 0 saturated heterocycles. The largest absolute Gasteiger partial charge is 0.465 e. The van der Waals surface area contributed by atoms with Gasteiger partial charge >= 0.3 is 5.97 Å². The van der Waals surface area contributed by atoms with Crippen molar-refractivity contribution in [3.05, 3.63) is 23.8 Å². The number of methoxy groups -OCH3 is 2. The van der Waals surface area contributed by atoms with Crippen LogP contribution < -0.4 is 10.6 Å². The number of rotatable bonds is 6. The van der Waals surface area contributed by atoms with Gasteiger partial charge in [-0.15, -0.1) is 0 Å². The van der Waals surface area contributed by atoms with E-state index < -0.39 is 5.97 Å². The maximum absolute atomic E-state index is 11.5. The summed E-state index contributed by atoms with van der Waals surface area (Å²) < 4.78 is 9.70. The number of hydrogen-bond donors (Lipinski definition) is 1. The maximum atomic E-state index is 11.5. The normalized spacial score (nSPS) is 10.2. The molecule has 5 heteroatoms. The highest BCUT2D eigenvalue weighted by atomic mass is 16.5. The molecule has 1 rings (SSSR count). The van der Waals surface area contributed by atoms with Crippen molar-refractivity contribution in [1.29, 1.82) is 0 Å². The molecule has 0 fully saturated rings. The first-order chi connectivity index (χ1) is 8.60. The van der Waals surface area contributed by atoms with Gasteiger partial charge in [-0.25, -0.2) is 4.79 Å². The topological polar surface area (TPSA) is 64.8 Å². The average Bonchev–Trinajstić information content (AvgIpc) is 2.38. The van der Waals surface area contributed by atoms with Crippen LogP contribution in [0.5, 0.6) is 0 Å². The van der Waals surface area contributed by atoms with Crippen LogP contribution in [0, 0.1) is 0 Å². The molecule has 0 bridgehead atoms. The molecular weight excluding hydrogens is 232 g/mol. The molecule has 1 aromatic rings. The van der Waals surface area contributed by atoms with E-state index in [4.69, 9.17) is 15.2 Å². The lowest BCUT2D eigenvalue weighted by Gasteiger charge is -2.20. The Labute approximate surface area is 107 Å². The van der Waals surface area contributed by atoms with E-state index in [1.54, 1.807) is 19.2 Å². The summed E-state index contributed by atoms with van der Waals surface area (Å²) in [5, 5.41) is 0. The minimum Gasteiger partial charge on any atom is -0.465 e. The summed E-state index contributed by atoms with van der Waals surface area (Å²) in [6.45, 7) is 1.56. The van der Waals surface area contributed by atoms with Gasteiger partial charge in [-0.05, 0) is 24.6 Å². The van der Waals surface area contributed by atoms with Crippen molar-refractivity contribution in [2.75, 3.05) is 45.1 Å². The molecule has 0 amide bonds. The molecule has 2 N–H and O–H groups in total. The average molecular weight is 252 g/mol. The minimum atomic E-state index is -0.417. The molecule has 0 aliphatic heterocycles. The van der Waals surface area contributed by atoms with Gasteiger partial charge in [0.05, 0.1) is 12.7 Å². The van der Waals surface area contributed by atoms with Crippen LogP contribution in [0.25, 0.3) is 0 Å². The number of nitrogen functional groups attached to an aromatic ring is 1. The van der Waals surface area contributed by atoms with Crippen molar-refractivity contribution in [2.24, 2.45) is 0 Å². The summed E-state index contributed by atoms with van der Waals surface area (Å²) in [5.41, 5.74) is 7.50. The predicted octanol–water partition coefficient (Wildman–Crippen LogP) is 1.53. The molecule has 0 aliphatic carbocycles. The number of hydrogen-bond acceptors (Lipinski definition) is 5. The minimum absolute atomic E-state index is 0.397. The van der Waals surface area contributed by atoms with Crippen LogP contribution >= 0.6 is 0 Å². The maximum Gasteiger partial charge on any atom is 0.340 e. The zero-order valence-electron chi connectivity index (χ0n) is 11.1. The number of benzene rings is 1. The Hall–Kier alpha value is -1.75. The van der Waals surface area contributed by atoms with E-state index in [2.05, 4.69) is 0 Å². The summed E-state index contributed by atoms with van der Waals surface area (Å²) in [6, 6.07) is 5.34. The van der Waals surface area contributed by atoms with Crippen molar-refractivity contribution in [1.82, 2.24) is 0 Å². The van der Waals surface area contributed by atoms with E-state index >= 15 is 0 Å². The number of ether oxygens (including phenoxy) is 2. The summed E-state index contributed by atoms with van der Waals surface area (Å²) >= 11 is 0. The number of nitrogens with two attached hydrogens (primary N) is 1. The van der Waals surface area contributed by atoms with Crippen LogP contribution in [0.3, 0.4) is 0 Å². The molecule has 100 valence electrons. The van der Waals surface area contributed by atoms with Crippen LogP contribution in [-0.4, -0.2) is 40.4 Å². The first-order valence-corrected chi connectivity index (χ1v) is 5.78. The second-order valence-corrected chi connectivity index (χ2v) is 4.03. The predicted molar refractivity (Wildman–Crippen MR) is 72.0 cm³/mol. The molecule has 0 atom stereocenters. The van der Waals surface area contributed by atoms with Gasteiger partial charge in [-0.3, -0.25) is 0 Å². The highest BCUT2D eigenvalue weighted by molar-refractivity contribution is 5.96. The number of carbonyl (C=O) groups is 1. The second kappa shape index (κ2) is 6.86. The number of carbonyl (C=O) groups excluding carboxylic acids is 1. The molecule has 0 spiro atoms. The van der Waals surface area contributed by atoms with Gasteiger partial charge < -0.3 is 20.1 Å². The SMILES string of the molecule is COCCCN(C)c1ccc(N)c(C(=O)OC)c1. The Morgan fingerprint density at radius 3 is 2.72 bits per heavy atom. The molecule has 0 saturated carbocycles. The Balaban J connectivity index is 2.80. The van der Waals surface area contributed by atoms with E-state index in [-0.39, 0.29) is 0 Å². The number of anilines is 2. The molecule has 1 aromatic carbocycles. The molecule has 0 aromatic heterocycles. The third-order valence-electron chi connectivity index (χ3n) is 2.72. The van der Waals surface area contributed by atoms with Crippen molar-refractivity contribution in [3.8, 4) is 0 Å². The molecule has 0 unspecified atom stereocenters. The van der Waals surface area contributed by atoms with E-state index in [9.17, 15) is 4.79 Å². The van der Waals surface area contributed by atoms with Crippen molar-refractivity contribution in [3.63, 3.8) is 0 Å². The van der Waals surface area contributed by atoms with E-state index in [1.165, 1.54) is 7.11 Å². The van der Waals surface area contributed by atoms with Crippen LogP contribution in [0.4, 0.5) is 11.4 Å². The van der Waals surface area contributed by atoms with Gasteiger partial charge in [0, 0.05) is 38.7 Å². The molecule has 5 nitrogen and oxygen atoms in total. The number of esters is 1. The third-order valence-corrected chi connectivity index (χ3v) is 2.72. The summed E-state index contributed by atoms with van der Waals surface area (Å²) in [6.07, 6.45) is 0.922. The Morgan fingerprint density at radius 2 is 2.11 bits per heavy atom. The third kappa shape index (κ3) is 3.63. The summed E-state index contributed by atoms with van der Waals surface area (Å²) in [7, 11) is 4.98. The van der Waals surface area contributed by atoms with E-state index in [0.717, 1.165) is 18.7 Å². The lowest BCUT2D eigenvalue weighted by molar-refractivity contribution is 0.0602.